The van der Waals surface area contributed by atoms with Gasteiger partial charge >= 0.3 is 0 Å². The quantitative estimate of drug-likeness (QED) is 0.767. The minimum atomic E-state index is -0.0135. The monoisotopic (exact) mass is 319 g/mol. The first-order valence-electron chi connectivity index (χ1n) is 6.47. The molecule has 0 spiro atoms. The van der Waals surface area contributed by atoms with E-state index in [4.69, 9.17) is 16.3 Å². The van der Waals surface area contributed by atoms with Crippen LogP contribution >= 0.6 is 22.9 Å². The van der Waals surface area contributed by atoms with Crippen LogP contribution < -0.4 is 5.32 Å². The second-order valence-electron chi connectivity index (χ2n) is 4.55. The van der Waals surface area contributed by atoms with Crippen LogP contribution in [0.3, 0.4) is 0 Å². The number of aromatic nitrogens is 2. The number of fused-ring (bicyclic) bond motifs is 1. The molecule has 108 valence electrons. The summed E-state index contributed by atoms with van der Waals surface area (Å²) >= 11 is 7.71. The smallest absolute Gasteiger partial charge is 0.137 e. The first-order chi connectivity index (χ1) is 10.3. The van der Waals surface area contributed by atoms with Gasteiger partial charge in [0.05, 0.1) is 5.52 Å². The normalized spacial score (nSPS) is 12.5. The van der Waals surface area contributed by atoms with Crippen LogP contribution in [0, 0.1) is 0 Å². The zero-order valence-corrected chi connectivity index (χ0v) is 13.0. The highest BCUT2D eigenvalue weighted by molar-refractivity contribution is 7.07. The van der Waals surface area contributed by atoms with Crippen molar-refractivity contribution in [2.45, 2.75) is 6.10 Å². The Morgan fingerprint density at radius 3 is 3.00 bits per heavy atom. The zero-order valence-electron chi connectivity index (χ0n) is 11.4. The van der Waals surface area contributed by atoms with Crippen molar-refractivity contribution in [2.24, 2.45) is 0 Å². The third kappa shape index (κ3) is 3.15. The van der Waals surface area contributed by atoms with Gasteiger partial charge in [-0.3, -0.25) is 0 Å². The molecule has 21 heavy (non-hydrogen) atoms. The Labute approximate surface area is 131 Å². The Morgan fingerprint density at radius 2 is 2.24 bits per heavy atom. The maximum Gasteiger partial charge on any atom is 0.137 e. The van der Waals surface area contributed by atoms with Gasteiger partial charge in [0.15, 0.2) is 0 Å². The maximum atomic E-state index is 6.06. The Hall–Kier alpha value is -1.69. The molecule has 0 fully saturated rings. The second kappa shape index (κ2) is 6.39. The number of hydrogen-bond acceptors (Lipinski definition) is 5. The fourth-order valence-corrected chi connectivity index (χ4v) is 3.03. The molecule has 3 aromatic rings. The van der Waals surface area contributed by atoms with E-state index >= 15 is 0 Å². The average molecular weight is 320 g/mol. The number of anilines is 1. The van der Waals surface area contributed by atoms with E-state index in [0.717, 1.165) is 22.3 Å². The topological polar surface area (TPSA) is 47.0 Å². The van der Waals surface area contributed by atoms with E-state index in [-0.39, 0.29) is 6.10 Å². The van der Waals surface area contributed by atoms with Crippen LogP contribution in [-0.4, -0.2) is 23.6 Å². The van der Waals surface area contributed by atoms with Gasteiger partial charge in [-0.05, 0) is 40.6 Å². The van der Waals surface area contributed by atoms with Crippen LogP contribution in [0.5, 0.6) is 0 Å². The number of methoxy groups -OCH3 is 1. The molecule has 0 amide bonds. The van der Waals surface area contributed by atoms with E-state index in [1.165, 1.54) is 0 Å². The second-order valence-corrected chi connectivity index (χ2v) is 5.76. The largest absolute Gasteiger partial charge is 0.375 e. The van der Waals surface area contributed by atoms with Crippen molar-refractivity contribution in [3.05, 3.63) is 51.9 Å². The third-order valence-corrected chi connectivity index (χ3v) is 4.19. The molecule has 0 aliphatic carbocycles. The molecule has 0 radical (unpaired) electrons. The summed E-state index contributed by atoms with van der Waals surface area (Å²) in [5.41, 5.74) is 2.02. The first-order valence-corrected chi connectivity index (χ1v) is 7.79. The summed E-state index contributed by atoms with van der Waals surface area (Å²) in [5.74, 6) is 0.764. The molecule has 1 atom stereocenters. The maximum absolute atomic E-state index is 6.06. The van der Waals surface area contributed by atoms with Gasteiger partial charge in [0, 0.05) is 24.1 Å². The standard InChI is InChI=1S/C15H14ClN3OS/c1-20-14(10-4-5-21-8-10)7-17-15-12-6-11(16)2-3-13(12)18-9-19-15/h2-6,8-9,14H,7H2,1H3,(H,17,18,19). The van der Waals surface area contributed by atoms with Gasteiger partial charge in [-0.1, -0.05) is 11.6 Å². The van der Waals surface area contributed by atoms with Crippen molar-refractivity contribution in [3.8, 4) is 0 Å². The third-order valence-electron chi connectivity index (χ3n) is 3.25. The fourth-order valence-electron chi connectivity index (χ4n) is 2.15. The zero-order chi connectivity index (χ0) is 14.7. The van der Waals surface area contributed by atoms with Crippen LogP contribution in [0.1, 0.15) is 11.7 Å². The molecule has 3 rings (SSSR count). The lowest BCUT2D eigenvalue weighted by Gasteiger charge is -2.16. The SMILES string of the molecule is COC(CNc1ncnc2ccc(Cl)cc12)c1ccsc1. The molecular formula is C15H14ClN3OS. The number of ether oxygens (including phenoxy) is 1. The van der Waals surface area contributed by atoms with Gasteiger partial charge in [-0.2, -0.15) is 11.3 Å². The van der Waals surface area contributed by atoms with Gasteiger partial charge in [0.1, 0.15) is 18.2 Å². The van der Waals surface area contributed by atoms with Crippen LogP contribution in [0.2, 0.25) is 5.02 Å². The molecule has 1 unspecified atom stereocenters. The lowest BCUT2D eigenvalue weighted by atomic mass is 10.2. The highest BCUT2D eigenvalue weighted by Crippen LogP contribution is 2.25. The summed E-state index contributed by atoms with van der Waals surface area (Å²) in [7, 11) is 1.71. The van der Waals surface area contributed by atoms with Gasteiger partial charge in [-0.15, -0.1) is 0 Å². The fraction of sp³-hybridized carbons (Fsp3) is 0.200. The molecule has 1 aromatic carbocycles. The van der Waals surface area contributed by atoms with Gasteiger partial charge < -0.3 is 10.1 Å². The van der Waals surface area contributed by atoms with Crippen LogP contribution in [0.4, 0.5) is 5.82 Å². The Balaban J connectivity index is 1.83. The number of halogens is 1. The van der Waals surface area contributed by atoms with E-state index in [0.29, 0.717) is 11.6 Å². The van der Waals surface area contributed by atoms with Gasteiger partial charge in [0.2, 0.25) is 0 Å². The molecule has 0 bridgehead atoms. The van der Waals surface area contributed by atoms with Crippen LogP contribution in [0.25, 0.3) is 10.9 Å². The average Bonchev–Trinajstić information content (AvgIpc) is 3.02. The predicted octanol–water partition coefficient (Wildman–Crippen LogP) is 4.14. The van der Waals surface area contributed by atoms with E-state index in [1.807, 2.05) is 23.6 Å². The molecule has 0 saturated carbocycles. The van der Waals surface area contributed by atoms with Crippen molar-refractivity contribution in [2.75, 3.05) is 19.0 Å². The molecule has 0 saturated heterocycles. The van der Waals surface area contributed by atoms with E-state index < -0.39 is 0 Å². The molecule has 2 aromatic heterocycles. The molecule has 0 aliphatic heterocycles. The summed E-state index contributed by atoms with van der Waals surface area (Å²) in [4.78, 5) is 8.54. The number of rotatable bonds is 5. The van der Waals surface area contributed by atoms with Crippen molar-refractivity contribution in [1.82, 2.24) is 9.97 Å². The first kappa shape index (κ1) is 14.3. The van der Waals surface area contributed by atoms with Crippen LogP contribution in [-0.2, 0) is 4.74 Å². The Bertz CT molecular complexity index is 733. The van der Waals surface area contributed by atoms with Crippen molar-refractivity contribution < 1.29 is 4.74 Å². The minimum Gasteiger partial charge on any atom is -0.375 e. The minimum absolute atomic E-state index is 0.0135. The van der Waals surface area contributed by atoms with E-state index in [9.17, 15) is 0 Å². The lowest BCUT2D eigenvalue weighted by molar-refractivity contribution is 0.114. The number of nitrogens with one attached hydrogen (secondary N) is 1. The molecule has 1 N–H and O–H groups in total. The van der Waals surface area contributed by atoms with Gasteiger partial charge in [0.25, 0.3) is 0 Å². The van der Waals surface area contributed by atoms with E-state index in [2.05, 4.69) is 26.7 Å². The van der Waals surface area contributed by atoms with Crippen molar-refractivity contribution >= 4 is 39.7 Å². The predicted molar refractivity (Wildman–Crippen MR) is 87.1 cm³/mol. The van der Waals surface area contributed by atoms with E-state index in [1.54, 1.807) is 24.8 Å². The highest BCUT2D eigenvalue weighted by Gasteiger charge is 2.12. The summed E-state index contributed by atoms with van der Waals surface area (Å²) in [6.07, 6.45) is 1.53. The summed E-state index contributed by atoms with van der Waals surface area (Å²) in [6, 6.07) is 7.64. The van der Waals surface area contributed by atoms with Gasteiger partial charge in [-0.25, -0.2) is 9.97 Å². The van der Waals surface area contributed by atoms with Crippen molar-refractivity contribution in [1.29, 1.82) is 0 Å². The number of benzene rings is 1. The Kier molecular flexibility index (Phi) is 4.34. The number of thiophene rings is 1. The summed E-state index contributed by atoms with van der Waals surface area (Å²) in [5, 5.41) is 9.03. The summed E-state index contributed by atoms with van der Waals surface area (Å²) < 4.78 is 5.53. The lowest BCUT2D eigenvalue weighted by Crippen LogP contribution is -2.14. The van der Waals surface area contributed by atoms with Crippen molar-refractivity contribution in [3.63, 3.8) is 0 Å². The van der Waals surface area contributed by atoms with Crippen LogP contribution in [0.15, 0.2) is 41.4 Å². The molecular weight excluding hydrogens is 306 g/mol. The number of hydrogen-bond donors (Lipinski definition) is 1. The highest BCUT2D eigenvalue weighted by atomic mass is 35.5. The molecule has 6 heteroatoms. The molecule has 2 heterocycles. The Morgan fingerprint density at radius 1 is 1.33 bits per heavy atom. The number of nitrogens with zero attached hydrogens (tertiary/aromatic N) is 2. The molecule has 0 aliphatic rings. The molecule has 4 nitrogen and oxygen atoms in total. The summed E-state index contributed by atoms with van der Waals surface area (Å²) in [6.45, 7) is 0.631.